The predicted octanol–water partition coefficient (Wildman–Crippen LogP) is 3.88. The standard InChI is InChI=1S/C21H22FNO3S/c1-14(13-27-17-9-7-16(22)8-10-17)20(24)23-11-18(19(12-23)21(25)26)15-5-3-2-4-6-15/h2-10,14,18-19H,11-13H2,1H3,(H,25,26). The number of thioether (sulfide) groups is 1. The fraction of sp³-hybridized carbons (Fsp3) is 0.333. The summed E-state index contributed by atoms with van der Waals surface area (Å²) in [6.07, 6.45) is 0. The predicted molar refractivity (Wildman–Crippen MR) is 103 cm³/mol. The van der Waals surface area contributed by atoms with Gasteiger partial charge < -0.3 is 10.0 Å². The van der Waals surface area contributed by atoms with Crippen molar-refractivity contribution in [2.45, 2.75) is 17.7 Å². The molecule has 0 bridgehead atoms. The number of carboxylic acid groups (broad SMARTS) is 1. The van der Waals surface area contributed by atoms with Crippen LogP contribution in [0.25, 0.3) is 0 Å². The molecular weight excluding hydrogens is 365 g/mol. The van der Waals surface area contributed by atoms with Gasteiger partial charge in [0.05, 0.1) is 5.92 Å². The molecule has 0 saturated carbocycles. The topological polar surface area (TPSA) is 57.6 Å². The lowest BCUT2D eigenvalue weighted by Gasteiger charge is -2.21. The summed E-state index contributed by atoms with van der Waals surface area (Å²) in [5, 5.41) is 9.58. The number of carboxylic acids is 1. The number of likely N-dealkylation sites (tertiary alicyclic amines) is 1. The maximum absolute atomic E-state index is 13.0. The second-order valence-corrected chi connectivity index (χ2v) is 7.96. The summed E-state index contributed by atoms with van der Waals surface area (Å²) in [4.78, 5) is 27.1. The van der Waals surface area contributed by atoms with Gasteiger partial charge in [-0.1, -0.05) is 37.3 Å². The molecule has 6 heteroatoms. The minimum atomic E-state index is -0.868. The van der Waals surface area contributed by atoms with Crippen molar-refractivity contribution in [3.8, 4) is 0 Å². The Labute approximate surface area is 162 Å². The van der Waals surface area contributed by atoms with Gasteiger partial charge in [0.2, 0.25) is 5.91 Å². The highest BCUT2D eigenvalue weighted by Crippen LogP contribution is 2.34. The molecule has 0 aliphatic carbocycles. The lowest BCUT2D eigenvalue weighted by atomic mass is 9.89. The van der Waals surface area contributed by atoms with Crippen LogP contribution in [0.3, 0.4) is 0 Å². The van der Waals surface area contributed by atoms with E-state index in [1.807, 2.05) is 37.3 Å². The highest BCUT2D eigenvalue weighted by Gasteiger charge is 2.41. The summed E-state index contributed by atoms with van der Waals surface area (Å²) in [7, 11) is 0. The van der Waals surface area contributed by atoms with E-state index in [0.29, 0.717) is 12.3 Å². The lowest BCUT2D eigenvalue weighted by molar-refractivity contribution is -0.142. The third-order valence-electron chi connectivity index (χ3n) is 4.91. The summed E-state index contributed by atoms with van der Waals surface area (Å²) in [5.41, 5.74) is 0.952. The second-order valence-electron chi connectivity index (χ2n) is 6.87. The molecule has 142 valence electrons. The Morgan fingerprint density at radius 1 is 1.15 bits per heavy atom. The van der Waals surface area contributed by atoms with Crippen LogP contribution in [-0.2, 0) is 9.59 Å². The van der Waals surface area contributed by atoms with E-state index in [1.54, 1.807) is 17.0 Å². The minimum absolute atomic E-state index is 0.0331. The Kier molecular flexibility index (Phi) is 6.16. The molecule has 27 heavy (non-hydrogen) atoms. The molecule has 0 radical (unpaired) electrons. The van der Waals surface area contributed by atoms with Crippen molar-refractivity contribution in [3.63, 3.8) is 0 Å². The summed E-state index contributed by atoms with van der Waals surface area (Å²) >= 11 is 1.50. The third-order valence-corrected chi connectivity index (χ3v) is 6.18. The number of nitrogens with zero attached hydrogens (tertiary/aromatic N) is 1. The van der Waals surface area contributed by atoms with Gasteiger partial charge in [-0.25, -0.2) is 4.39 Å². The monoisotopic (exact) mass is 387 g/mol. The largest absolute Gasteiger partial charge is 0.481 e. The number of amides is 1. The van der Waals surface area contributed by atoms with E-state index in [9.17, 15) is 19.1 Å². The van der Waals surface area contributed by atoms with Crippen LogP contribution in [0.1, 0.15) is 18.4 Å². The van der Waals surface area contributed by atoms with Crippen LogP contribution >= 0.6 is 11.8 Å². The van der Waals surface area contributed by atoms with Crippen molar-refractivity contribution < 1.29 is 19.1 Å². The van der Waals surface area contributed by atoms with Crippen LogP contribution in [0.15, 0.2) is 59.5 Å². The summed E-state index contributed by atoms with van der Waals surface area (Å²) in [6, 6.07) is 15.7. The van der Waals surface area contributed by atoms with E-state index in [-0.39, 0.29) is 30.1 Å². The first-order chi connectivity index (χ1) is 13.0. The highest BCUT2D eigenvalue weighted by atomic mass is 32.2. The molecule has 1 aliphatic heterocycles. The third kappa shape index (κ3) is 4.69. The van der Waals surface area contributed by atoms with Crippen molar-refractivity contribution in [1.82, 2.24) is 4.90 Å². The van der Waals surface area contributed by atoms with Crippen LogP contribution in [0, 0.1) is 17.7 Å². The van der Waals surface area contributed by atoms with Gasteiger partial charge >= 0.3 is 5.97 Å². The Hall–Kier alpha value is -2.34. The van der Waals surface area contributed by atoms with E-state index in [0.717, 1.165) is 10.5 Å². The summed E-state index contributed by atoms with van der Waals surface area (Å²) in [6.45, 7) is 2.51. The van der Waals surface area contributed by atoms with Gasteiger partial charge in [0.1, 0.15) is 5.82 Å². The van der Waals surface area contributed by atoms with Crippen LogP contribution in [0.2, 0.25) is 0 Å². The molecule has 1 saturated heterocycles. The number of carbonyl (C=O) groups excluding carboxylic acids is 1. The smallest absolute Gasteiger partial charge is 0.308 e. The van der Waals surface area contributed by atoms with Gasteiger partial charge in [0.25, 0.3) is 0 Å². The fourth-order valence-corrected chi connectivity index (χ4v) is 4.32. The van der Waals surface area contributed by atoms with E-state index >= 15 is 0 Å². The molecule has 0 aromatic heterocycles. The van der Waals surface area contributed by atoms with Gasteiger partial charge in [-0.05, 0) is 29.8 Å². The van der Waals surface area contributed by atoms with Crippen molar-refractivity contribution in [3.05, 3.63) is 66.0 Å². The van der Waals surface area contributed by atoms with E-state index in [1.165, 1.54) is 23.9 Å². The quantitative estimate of drug-likeness (QED) is 0.765. The maximum Gasteiger partial charge on any atom is 0.308 e. The summed E-state index contributed by atoms with van der Waals surface area (Å²) < 4.78 is 13.0. The SMILES string of the molecule is CC(CSc1ccc(F)cc1)C(=O)N1CC(C(=O)O)C(c2ccccc2)C1. The maximum atomic E-state index is 13.0. The highest BCUT2D eigenvalue weighted by molar-refractivity contribution is 7.99. The fourth-order valence-electron chi connectivity index (χ4n) is 3.41. The van der Waals surface area contributed by atoms with Gasteiger partial charge in [-0.3, -0.25) is 9.59 Å². The average Bonchev–Trinajstić information content (AvgIpc) is 3.13. The zero-order valence-electron chi connectivity index (χ0n) is 15.0. The first-order valence-electron chi connectivity index (χ1n) is 8.90. The van der Waals surface area contributed by atoms with Crippen LogP contribution in [0.5, 0.6) is 0 Å². The van der Waals surface area contributed by atoms with Crippen molar-refractivity contribution in [1.29, 1.82) is 0 Å². The van der Waals surface area contributed by atoms with Crippen LogP contribution in [-0.4, -0.2) is 40.7 Å². The van der Waals surface area contributed by atoms with Crippen molar-refractivity contribution in [2.24, 2.45) is 11.8 Å². The summed E-state index contributed by atoms with van der Waals surface area (Å²) in [5.74, 6) is -1.65. The molecule has 2 aromatic carbocycles. The molecule has 1 heterocycles. The second kappa shape index (κ2) is 8.57. The van der Waals surface area contributed by atoms with Crippen LogP contribution in [0.4, 0.5) is 4.39 Å². The van der Waals surface area contributed by atoms with E-state index < -0.39 is 11.9 Å². The Morgan fingerprint density at radius 3 is 2.44 bits per heavy atom. The van der Waals surface area contributed by atoms with Crippen molar-refractivity contribution >= 4 is 23.6 Å². The lowest BCUT2D eigenvalue weighted by Crippen LogP contribution is -2.35. The first kappa shape index (κ1) is 19.4. The zero-order chi connectivity index (χ0) is 19.4. The number of hydrogen-bond donors (Lipinski definition) is 1. The zero-order valence-corrected chi connectivity index (χ0v) is 15.9. The van der Waals surface area contributed by atoms with Gasteiger partial charge in [0, 0.05) is 35.6 Å². The molecule has 1 aliphatic rings. The molecule has 4 nitrogen and oxygen atoms in total. The van der Waals surface area contributed by atoms with E-state index in [4.69, 9.17) is 0 Å². The van der Waals surface area contributed by atoms with Gasteiger partial charge in [-0.15, -0.1) is 11.8 Å². The number of carbonyl (C=O) groups is 2. The van der Waals surface area contributed by atoms with Gasteiger partial charge in [-0.2, -0.15) is 0 Å². The minimum Gasteiger partial charge on any atom is -0.481 e. The number of rotatable bonds is 6. The first-order valence-corrected chi connectivity index (χ1v) is 9.89. The van der Waals surface area contributed by atoms with Gasteiger partial charge in [0.15, 0.2) is 0 Å². The number of benzene rings is 2. The molecule has 1 N–H and O–H groups in total. The molecule has 3 unspecified atom stereocenters. The molecule has 2 aromatic rings. The molecular formula is C21H22FNO3S. The molecule has 1 fully saturated rings. The van der Waals surface area contributed by atoms with E-state index in [2.05, 4.69) is 0 Å². The normalized spacial score (nSPS) is 20.4. The molecule has 3 atom stereocenters. The van der Waals surface area contributed by atoms with Crippen molar-refractivity contribution in [2.75, 3.05) is 18.8 Å². The molecule has 3 rings (SSSR count). The number of aliphatic carboxylic acids is 1. The Morgan fingerprint density at radius 2 is 1.81 bits per heavy atom. The number of halogens is 1. The number of hydrogen-bond acceptors (Lipinski definition) is 3. The Bertz CT molecular complexity index is 797. The molecule has 1 amide bonds. The van der Waals surface area contributed by atoms with Crippen LogP contribution < -0.4 is 0 Å². The average molecular weight is 387 g/mol. The molecule has 0 spiro atoms. The Balaban J connectivity index is 1.63.